The highest BCUT2D eigenvalue weighted by atomic mass is 16.6. The van der Waals surface area contributed by atoms with Crippen LogP contribution in [0.15, 0.2) is 18.2 Å². The molecule has 1 atom stereocenters. The standard InChI is InChI=1S/C24H33N3O6/c1-22(2,3)32-20(30)26-18(28)24(27(19(26)29)21(31)33-23(4,5)6)13-12-16-15(14-24)10-9-11-17(16)25(7)8/h9-11H,12-14H2,1-8H3. The molecule has 1 aromatic rings. The first kappa shape index (κ1) is 24.5. The monoisotopic (exact) mass is 459 g/mol. The van der Waals surface area contributed by atoms with Gasteiger partial charge in [0, 0.05) is 26.2 Å². The van der Waals surface area contributed by atoms with Crippen LogP contribution in [0, 0.1) is 0 Å². The second-order valence-corrected chi connectivity index (χ2v) is 10.7. The van der Waals surface area contributed by atoms with Gasteiger partial charge in [-0.15, -0.1) is 0 Å². The molecule has 9 nitrogen and oxygen atoms in total. The van der Waals surface area contributed by atoms with E-state index in [4.69, 9.17) is 9.47 Å². The number of benzene rings is 1. The van der Waals surface area contributed by atoms with Crippen molar-refractivity contribution in [2.45, 2.75) is 77.5 Å². The molecule has 0 bridgehead atoms. The molecule has 1 fully saturated rings. The quantitative estimate of drug-likeness (QED) is 0.583. The Labute approximate surface area is 194 Å². The van der Waals surface area contributed by atoms with Crippen LogP contribution in [0.4, 0.5) is 20.1 Å². The minimum Gasteiger partial charge on any atom is -0.443 e. The molecule has 1 unspecified atom stereocenters. The summed E-state index contributed by atoms with van der Waals surface area (Å²) in [7, 11) is 3.86. The molecule has 1 aromatic carbocycles. The van der Waals surface area contributed by atoms with Gasteiger partial charge in [0.2, 0.25) is 0 Å². The summed E-state index contributed by atoms with van der Waals surface area (Å²) < 4.78 is 10.8. The summed E-state index contributed by atoms with van der Waals surface area (Å²) in [6.45, 7) is 9.92. The highest BCUT2D eigenvalue weighted by Crippen LogP contribution is 2.43. The van der Waals surface area contributed by atoms with E-state index >= 15 is 0 Å². The largest absolute Gasteiger partial charge is 0.443 e. The number of nitrogens with zero attached hydrogens (tertiary/aromatic N) is 3. The SMILES string of the molecule is CN(C)c1cccc2c1CCC1(C2)C(=O)N(C(=O)OC(C)(C)C)C(=O)N1C(=O)OC(C)(C)C. The number of anilines is 1. The molecule has 33 heavy (non-hydrogen) atoms. The van der Waals surface area contributed by atoms with E-state index in [9.17, 15) is 19.2 Å². The molecule has 3 rings (SSSR count). The minimum absolute atomic E-state index is 0.0904. The third-order valence-electron chi connectivity index (χ3n) is 5.57. The van der Waals surface area contributed by atoms with Gasteiger partial charge in [-0.25, -0.2) is 19.3 Å². The summed E-state index contributed by atoms with van der Waals surface area (Å²) >= 11 is 0. The van der Waals surface area contributed by atoms with Crippen molar-refractivity contribution in [2.24, 2.45) is 0 Å². The van der Waals surface area contributed by atoms with Crippen molar-refractivity contribution in [1.82, 2.24) is 9.80 Å². The molecule has 1 aliphatic heterocycles. The van der Waals surface area contributed by atoms with Gasteiger partial charge >= 0.3 is 18.2 Å². The average Bonchev–Trinajstić information content (AvgIpc) is 2.84. The topological polar surface area (TPSA) is 96.5 Å². The summed E-state index contributed by atoms with van der Waals surface area (Å²) in [5.74, 6) is -0.770. The van der Waals surface area contributed by atoms with Crippen LogP contribution >= 0.6 is 0 Å². The van der Waals surface area contributed by atoms with Gasteiger partial charge in [-0.1, -0.05) is 12.1 Å². The number of ether oxygens (including phenoxy) is 2. The normalized spacial score (nSPS) is 20.7. The zero-order valence-electron chi connectivity index (χ0n) is 20.6. The van der Waals surface area contributed by atoms with E-state index in [1.54, 1.807) is 41.5 Å². The summed E-state index contributed by atoms with van der Waals surface area (Å²) in [6.07, 6.45) is -1.35. The van der Waals surface area contributed by atoms with Crippen molar-refractivity contribution >= 4 is 29.8 Å². The van der Waals surface area contributed by atoms with Crippen LogP contribution in [0.2, 0.25) is 0 Å². The first-order valence-electron chi connectivity index (χ1n) is 11.0. The van der Waals surface area contributed by atoms with Crippen LogP contribution in [0.25, 0.3) is 0 Å². The number of carbonyl (C=O) groups is 4. The molecule has 1 saturated heterocycles. The van der Waals surface area contributed by atoms with Gasteiger partial charge in [0.25, 0.3) is 5.91 Å². The van der Waals surface area contributed by atoms with Gasteiger partial charge < -0.3 is 14.4 Å². The maximum absolute atomic E-state index is 13.7. The molecule has 1 spiro atoms. The van der Waals surface area contributed by atoms with Crippen LogP contribution in [0.5, 0.6) is 0 Å². The smallest absolute Gasteiger partial charge is 0.425 e. The Morgan fingerprint density at radius 1 is 0.970 bits per heavy atom. The Hall–Kier alpha value is -3.10. The van der Waals surface area contributed by atoms with E-state index in [0.717, 1.165) is 21.7 Å². The van der Waals surface area contributed by atoms with Gasteiger partial charge in [0.05, 0.1) is 0 Å². The molecule has 9 heteroatoms. The van der Waals surface area contributed by atoms with Gasteiger partial charge in [0.1, 0.15) is 16.7 Å². The number of imide groups is 4. The zero-order valence-corrected chi connectivity index (χ0v) is 20.6. The van der Waals surface area contributed by atoms with E-state index in [1.165, 1.54) is 0 Å². The zero-order chi connectivity index (χ0) is 24.9. The molecule has 0 aromatic heterocycles. The molecular formula is C24H33N3O6. The van der Waals surface area contributed by atoms with E-state index in [0.29, 0.717) is 11.3 Å². The number of rotatable bonds is 1. The number of amides is 5. The Kier molecular flexibility index (Phi) is 5.98. The van der Waals surface area contributed by atoms with Crippen LogP contribution in [0.1, 0.15) is 59.1 Å². The lowest BCUT2D eigenvalue weighted by atomic mass is 9.76. The third kappa shape index (κ3) is 4.54. The number of urea groups is 1. The van der Waals surface area contributed by atoms with E-state index in [1.807, 2.05) is 37.2 Å². The van der Waals surface area contributed by atoms with E-state index in [2.05, 4.69) is 0 Å². The Morgan fingerprint density at radius 3 is 2.09 bits per heavy atom. The molecule has 0 radical (unpaired) electrons. The van der Waals surface area contributed by atoms with Gasteiger partial charge in [-0.2, -0.15) is 4.90 Å². The van der Waals surface area contributed by atoms with Gasteiger partial charge in [0.15, 0.2) is 0 Å². The molecule has 1 aliphatic carbocycles. The summed E-state index contributed by atoms with van der Waals surface area (Å²) in [4.78, 5) is 56.3. The fourth-order valence-corrected chi connectivity index (χ4v) is 4.31. The van der Waals surface area contributed by atoms with Gasteiger partial charge in [-0.05, 0) is 71.6 Å². The van der Waals surface area contributed by atoms with E-state index in [-0.39, 0.29) is 12.8 Å². The second kappa shape index (κ2) is 8.04. The fourth-order valence-electron chi connectivity index (χ4n) is 4.31. The maximum Gasteiger partial charge on any atom is 0.425 e. The third-order valence-corrected chi connectivity index (χ3v) is 5.57. The fraction of sp³-hybridized carbons (Fsp3) is 0.583. The van der Waals surface area contributed by atoms with Crippen molar-refractivity contribution < 1.29 is 28.7 Å². The highest BCUT2D eigenvalue weighted by Gasteiger charge is 2.64. The molecule has 5 amide bonds. The predicted molar refractivity (Wildman–Crippen MR) is 122 cm³/mol. The molecule has 180 valence electrons. The van der Waals surface area contributed by atoms with E-state index < -0.39 is 40.9 Å². The van der Waals surface area contributed by atoms with Crippen molar-refractivity contribution in [3.05, 3.63) is 29.3 Å². The molecule has 0 N–H and O–H groups in total. The Balaban J connectivity index is 2.09. The van der Waals surface area contributed by atoms with Crippen molar-refractivity contribution in [3.63, 3.8) is 0 Å². The molecule has 0 saturated carbocycles. The van der Waals surface area contributed by atoms with Crippen molar-refractivity contribution in [1.29, 1.82) is 0 Å². The second-order valence-electron chi connectivity index (χ2n) is 10.7. The number of carbonyl (C=O) groups excluding carboxylic acids is 4. The van der Waals surface area contributed by atoms with Crippen molar-refractivity contribution in [3.8, 4) is 0 Å². The maximum atomic E-state index is 13.7. The lowest BCUT2D eigenvalue weighted by Gasteiger charge is -2.39. The van der Waals surface area contributed by atoms with Crippen LogP contribution < -0.4 is 4.90 Å². The number of hydrogen-bond donors (Lipinski definition) is 0. The summed E-state index contributed by atoms with van der Waals surface area (Å²) in [5.41, 5.74) is -0.488. The van der Waals surface area contributed by atoms with Gasteiger partial charge in [-0.3, -0.25) is 4.79 Å². The first-order chi connectivity index (χ1) is 15.1. The Bertz CT molecular complexity index is 1000. The number of fused-ring (bicyclic) bond motifs is 1. The summed E-state index contributed by atoms with van der Waals surface area (Å²) in [6, 6.07) is 4.69. The summed E-state index contributed by atoms with van der Waals surface area (Å²) in [5, 5.41) is 0. The lowest BCUT2D eigenvalue weighted by molar-refractivity contribution is -0.133. The van der Waals surface area contributed by atoms with Crippen LogP contribution in [0.3, 0.4) is 0 Å². The average molecular weight is 460 g/mol. The van der Waals surface area contributed by atoms with Crippen molar-refractivity contribution in [2.75, 3.05) is 19.0 Å². The molecule has 1 heterocycles. The number of hydrogen-bond acceptors (Lipinski definition) is 7. The minimum atomic E-state index is -1.56. The van der Waals surface area contributed by atoms with Crippen LogP contribution in [-0.4, -0.2) is 64.8 Å². The molecule has 2 aliphatic rings. The first-order valence-corrected chi connectivity index (χ1v) is 11.0. The molecular weight excluding hydrogens is 426 g/mol. The highest BCUT2D eigenvalue weighted by molar-refractivity contribution is 6.21. The van der Waals surface area contributed by atoms with Crippen LogP contribution in [-0.2, 0) is 27.1 Å². The predicted octanol–water partition coefficient (Wildman–Crippen LogP) is 4.11. The Morgan fingerprint density at radius 2 is 1.55 bits per heavy atom. The lowest BCUT2D eigenvalue weighted by Crippen LogP contribution is -2.56.